The normalized spacial score (nSPS) is 10.9. The van der Waals surface area contributed by atoms with Crippen LogP contribution < -0.4 is 0 Å². The summed E-state index contributed by atoms with van der Waals surface area (Å²) in [5, 5.41) is 8.22. The number of nitrogens with zero attached hydrogens (tertiary/aromatic N) is 1. The van der Waals surface area contributed by atoms with Crippen molar-refractivity contribution in [2.45, 2.75) is 6.92 Å². The van der Waals surface area contributed by atoms with Crippen LogP contribution in [0.15, 0.2) is 30.3 Å². The Morgan fingerprint density at radius 1 is 1.50 bits per heavy atom. The Labute approximate surface area is 70.8 Å². The van der Waals surface area contributed by atoms with Gasteiger partial charge in [-0.1, -0.05) is 24.3 Å². The number of halogens is 1. The zero-order chi connectivity index (χ0) is 8.97. The molecule has 0 aliphatic heterocycles. The highest BCUT2D eigenvalue weighted by Gasteiger charge is 2.01. The molecule has 0 fully saturated rings. The van der Waals surface area contributed by atoms with Crippen LogP contribution in [0.1, 0.15) is 11.1 Å². The lowest BCUT2D eigenvalue weighted by Crippen LogP contribution is -1.82. The van der Waals surface area contributed by atoms with E-state index >= 15 is 0 Å². The molecule has 1 rings (SSSR count). The fourth-order valence-electron chi connectivity index (χ4n) is 0.975. The van der Waals surface area contributed by atoms with Gasteiger partial charge in [0.25, 0.3) is 0 Å². The second-order valence-corrected chi connectivity index (χ2v) is 2.44. The van der Waals surface area contributed by atoms with Crippen LogP contribution in [-0.2, 0) is 0 Å². The number of rotatable bonds is 1. The van der Waals surface area contributed by atoms with Crippen molar-refractivity contribution in [1.82, 2.24) is 0 Å². The predicted octanol–water partition coefficient (Wildman–Crippen LogP) is 2.83. The van der Waals surface area contributed by atoms with Crippen LogP contribution in [0.4, 0.5) is 4.39 Å². The van der Waals surface area contributed by atoms with Crippen LogP contribution in [0.3, 0.4) is 0 Å². The lowest BCUT2D eigenvalue weighted by atomic mass is 10.1. The van der Waals surface area contributed by atoms with Crippen molar-refractivity contribution >= 4 is 5.83 Å². The van der Waals surface area contributed by atoms with Crippen LogP contribution in [0.25, 0.3) is 5.83 Å². The van der Waals surface area contributed by atoms with E-state index in [0.29, 0.717) is 5.56 Å². The largest absolute Gasteiger partial charge is 0.206 e. The maximum Gasteiger partial charge on any atom is 0.141 e. The molecule has 0 N–H and O–H groups in total. The quantitative estimate of drug-likeness (QED) is 0.581. The molecule has 12 heavy (non-hydrogen) atoms. The van der Waals surface area contributed by atoms with Gasteiger partial charge in [-0.2, -0.15) is 5.26 Å². The first-order chi connectivity index (χ1) is 5.75. The minimum Gasteiger partial charge on any atom is -0.206 e. The third-order valence-corrected chi connectivity index (χ3v) is 1.59. The number of benzene rings is 1. The Morgan fingerprint density at radius 2 is 2.17 bits per heavy atom. The van der Waals surface area contributed by atoms with E-state index in [4.69, 9.17) is 5.26 Å². The van der Waals surface area contributed by atoms with Crippen LogP contribution in [0.2, 0.25) is 0 Å². The summed E-state index contributed by atoms with van der Waals surface area (Å²) in [6.45, 7) is 1.81. The monoisotopic (exact) mass is 161 g/mol. The molecule has 0 saturated heterocycles. The summed E-state index contributed by atoms with van der Waals surface area (Å²) in [6, 6.07) is 8.69. The maximum absolute atomic E-state index is 13.0. The van der Waals surface area contributed by atoms with E-state index < -0.39 is 5.83 Å². The number of aryl methyl sites for hydroxylation is 1. The molecule has 0 radical (unpaired) electrons. The molecule has 0 aliphatic rings. The van der Waals surface area contributed by atoms with Gasteiger partial charge in [0, 0.05) is 5.56 Å². The second kappa shape index (κ2) is 3.68. The topological polar surface area (TPSA) is 23.8 Å². The molecule has 0 saturated carbocycles. The molecule has 0 aromatic heterocycles. The first-order valence-electron chi connectivity index (χ1n) is 3.57. The van der Waals surface area contributed by atoms with Crippen molar-refractivity contribution in [2.75, 3.05) is 0 Å². The number of hydrogen-bond acceptors (Lipinski definition) is 1. The van der Waals surface area contributed by atoms with Crippen LogP contribution in [0.5, 0.6) is 0 Å². The minimum absolute atomic E-state index is 0.476. The lowest BCUT2D eigenvalue weighted by Gasteiger charge is -1.99. The summed E-state index contributed by atoms with van der Waals surface area (Å²) in [5.41, 5.74) is 1.32. The van der Waals surface area contributed by atoms with Crippen LogP contribution >= 0.6 is 0 Å². The van der Waals surface area contributed by atoms with Gasteiger partial charge >= 0.3 is 0 Å². The Balaban J connectivity index is 3.13. The van der Waals surface area contributed by atoms with Crippen LogP contribution in [-0.4, -0.2) is 0 Å². The summed E-state index contributed by atoms with van der Waals surface area (Å²) < 4.78 is 13.0. The molecule has 60 valence electrons. The third-order valence-electron chi connectivity index (χ3n) is 1.59. The van der Waals surface area contributed by atoms with Gasteiger partial charge in [-0.3, -0.25) is 0 Å². The molecule has 0 spiro atoms. The number of allylic oxidation sites excluding steroid dienone is 1. The fraction of sp³-hybridized carbons (Fsp3) is 0.100. The van der Waals surface area contributed by atoms with Gasteiger partial charge in [-0.05, 0) is 12.5 Å². The second-order valence-electron chi connectivity index (χ2n) is 2.44. The first-order valence-corrected chi connectivity index (χ1v) is 3.57. The molecule has 1 aromatic carbocycles. The maximum atomic E-state index is 13.0. The van der Waals surface area contributed by atoms with Crippen molar-refractivity contribution in [2.24, 2.45) is 0 Å². The van der Waals surface area contributed by atoms with E-state index in [2.05, 4.69) is 0 Å². The SMILES string of the molecule is Cc1ccccc1/C(F)=C/C#N. The van der Waals surface area contributed by atoms with Crippen molar-refractivity contribution in [1.29, 1.82) is 5.26 Å². The summed E-state index contributed by atoms with van der Waals surface area (Å²) in [4.78, 5) is 0. The smallest absolute Gasteiger partial charge is 0.141 e. The summed E-state index contributed by atoms with van der Waals surface area (Å²) >= 11 is 0. The minimum atomic E-state index is -0.476. The average molecular weight is 161 g/mol. The van der Waals surface area contributed by atoms with E-state index in [9.17, 15) is 4.39 Å². The fourth-order valence-corrected chi connectivity index (χ4v) is 0.975. The Kier molecular flexibility index (Phi) is 2.60. The van der Waals surface area contributed by atoms with Gasteiger partial charge in [0.15, 0.2) is 0 Å². The highest BCUT2D eigenvalue weighted by atomic mass is 19.1. The molecular formula is C10H8FN. The first kappa shape index (κ1) is 8.48. The summed E-state index contributed by atoms with van der Waals surface area (Å²) in [7, 11) is 0. The molecule has 2 heteroatoms. The number of hydrogen-bond donors (Lipinski definition) is 0. The van der Waals surface area contributed by atoms with Crippen molar-refractivity contribution in [3.05, 3.63) is 41.5 Å². The van der Waals surface area contributed by atoms with E-state index in [0.717, 1.165) is 11.6 Å². The van der Waals surface area contributed by atoms with Gasteiger partial charge < -0.3 is 0 Å². The molecule has 0 amide bonds. The molecule has 1 nitrogen and oxygen atoms in total. The Bertz CT molecular complexity index is 347. The molecule has 0 unspecified atom stereocenters. The predicted molar refractivity (Wildman–Crippen MR) is 45.9 cm³/mol. The zero-order valence-electron chi connectivity index (χ0n) is 6.71. The van der Waals surface area contributed by atoms with Crippen molar-refractivity contribution in [3.63, 3.8) is 0 Å². The number of nitriles is 1. The molecule has 0 heterocycles. The lowest BCUT2D eigenvalue weighted by molar-refractivity contribution is 0.759. The standard InChI is InChI=1S/C10H8FN/c1-8-4-2-3-5-9(8)10(11)6-7-12/h2-6H,1H3/b10-6-. The average Bonchev–Trinajstić information content (AvgIpc) is 2.05. The van der Waals surface area contributed by atoms with Crippen molar-refractivity contribution < 1.29 is 4.39 Å². The van der Waals surface area contributed by atoms with Gasteiger partial charge in [0.2, 0.25) is 0 Å². The van der Waals surface area contributed by atoms with Gasteiger partial charge in [0.1, 0.15) is 5.83 Å². The van der Waals surface area contributed by atoms with Crippen LogP contribution in [0, 0.1) is 18.3 Å². The third kappa shape index (κ3) is 1.70. The van der Waals surface area contributed by atoms with E-state index in [1.807, 2.05) is 6.07 Å². The summed E-state index contributed by atoms with van der Waals surface area (Å²) in [6.07, 6.45) is 0.905. The zero-order valence-corrected chi connectivity index (χ0v) is 6.71. The van der Waals surface area contributed by atoms with Gasteiger partial charge in [0.05, 0.1) is 12.1 Å². The summed E-state index contributed by atoms with van der Waals surface area (Å²) in [5.74, 6) is -0.476. The van der Waals surface area contributed by atoms with E-state index in [1.54, 1.807) is 31.2 Å². The van der Waals surface area contributed by atoms with Gasteiger partial charge in [-0.25, -0.2) is 4.39 Å². The molecule has 0 aliphatic carbocycles. The molecule has 0 atom stereocenters. The Morgan fingerprint density at radius 3 is 2.75 bits per heavy atom. The molecule has 1 aromatic rings. The molecule has 0 bridgehead atoms. The Hall–Kier alpha value is -1.62. The van der Waals surface area contributed by atoms with E-state index in [-0.39, 0.29) is 0 Å². The highest BCUT2D eigenvalue weighted by Crippen LogP contribution is 2.18. The highest BCUT2D eigenvalue weighted by molar-refractivity contribution is 5.63. The van der Waals surface area contributed by atoms with E-state index in [1.165, 1.54) is 0 Å². The van der Waals surface area contributed by atoms with Gasteiger partial charge in [-0.15, -0.1) is 0 Å². The van der Waals surface area contributed by atoms with Crippen molar-refractivity contribution in [3.8, 4) is 6.07 Å². The molecular weight excluding hydrogens is 153 g/mol.